The lowest BCUT2D eigenvalue weighted by atomic mass is 10.1. The number of aliphatic hydroxyl groups is 1. The normalized spacial score (nSPS) is 12.0. The molecule has 0 fully saturated rings. The summed E-state index contributed by atoms with van der Waals surface area (Å²) in [6.07, 6.45) is -0.633. The van der Waals surface area contributed by atoms with Gasteiger partial charge in [0.2, 0.25) is 0 Å². The number of hydrogen-bond donors (Lipinski definition) is 1. The third-order valence-electron chi connectivity index (χ3n) is 4.87. The smallest absolute Gasteiger partial charge is 0.269 e. The molecule has 0 bridgehead atoms. The molecule has 164 valence electrons. The number of rotatable bonds is 9. The number of non-ortho nitro benzene ring substituents is 1. The Labute approximate surface area is 188 Å². The van der Waals surface area contributed by atoms with Crippen molar-refractivity contribution in [2.45, 2.75) is 12.6 Å². The van der Waals surface area contributed by atoms with Crippen molar-refractivity contribution in [2.75, 3.05) is 27.2 Å². The molecule has 0 aliphatic rings. The second-order valence-electron chi connectivity index (χ2n) is 8.06. The van der Waals surface area contributed by atoms with Gasteiger partial charge in [-0.25, -0.2) is 0 Å². The van der Waals surface area contributed by atoms with Gasteiger partial charge in [-0.15, -0.1) is 0 Å². The third-order valence-corrected chi connectivity index (χ3v) is 4.87. The van der Waals surface area contributed by atoms with Gasteiger partial charge in [0.1, 0.15) is 31.5 Å². The van der Waals surface area contributed by atoms with Crippen LogP contribution in [0.25, 0.3) is 11.1 Å². The molecule has 3 rings (SSSR count). The van der Waals surface area contributed by atoms with E-state index in [1.807, 2.05) is 56.6 Å². The summed E-state index contributed by atoms with van der Waals surface area (Å²) >= 11 is 0. The standard InChI is InChI=1S/C24H27N2O4.ClH/c1-26(2,16-19-8-12-22(13-9-19)25(28)29)17-23(27)18-30-24-14-10-21(11-15-24)20-6-4-3-5-7-20;/h3-15,23,27H,16-18H2,1-2H3;1H/q+1;/p-1. The molecule has 3 aromatic rings. The van der Waals surface area contributed by atoms with Crippen LogP contribution >= 0.6 is 0 Å². The van der Waals surface area contributed by atoms with Gasteiger partial charge in [-0.05, 0) is 35.4 Å². The second kappa shape index (κ2) is 10.9. The van der Waals surface area contributed by atoms with Gasteiger partial charge >= 0.3 is 0 Å². The largest absolute Gasteiger partial charge is 1.00 e. The fraction of sp³-hybridized carbons (Fsp3) is 0.250. The Morgan fingerprint density at radius 2 is 1.52 bits per heavy atom. The van der Waals surface area contributed by atoms with Crippen LogP contribution in [0.1, 0.15) is 5.56 Å². The Morgan fingerprint density at radius 3 is 2.10 bits per heavy atom. The maximum absolute atomic E-state index is 10.8. The highest BCUT2D eigenvalue weighted by molar-refractivity contribution is 5.63. The summed E-state index contributed by atoms with van der Waals surface area (Å²) in [5, 5.41) is 21.2. The minimum absolute atomic E-state index is 0. The van der Waals surface area contributed by atoms with E-state index in [-0.39, 0.29) is 24.7 Å². The van der Waals surface area contributed by atoms with Gasteiger partial charge in [0, 0.05) is 17.7 Å². The first-order valence-electron chi connectivity index (χ1n) is 9.84. The van der Waals surface area contributed by atoms with E-state index in [1.54, 1.807) is 12.1 Å². The fourth-order valence-electron chi connectivity index (χ4n) is 3.47. The van der Waals surface area contributed by atoms with Crippen molar-refractivity contribution in [3.05, 3.63) is 94.5 Å². The average molecular weight is 443 g/mol. The molecule has 0 saturated carbocycles. The Morgan fingerprint density at radius 1 is 0.935 bits per heavy atom. The molecule has 3 aromatic carbocycles. The van der Waals surface area contributed by atoms with E-state index in [4.69, 9.17) is 4.74 Å². The lowest BCUT2D eigenvalue weighted by molar-refractivity contribution is -0.906. The molecule has 6 nitrogen and oxygen atoms in total. The number of quaternary nitrogens is 1. The van der Waals surface area contributed by atoms with Gasteiger partial charge in [-0.1, -0.05) is 42.5 Å². The van der Waals surface area contributed by atoms with E-state index in [9.17, 15) is 15.2 Å². The summed E-state index contributed by atoms with van der Waals surface area (Å²) in [6, 6.07) is 24.5. The maximum Gasteiger partial charge on any atom is 0.269 e. The summed E-state index contributed by atoms with van der Waals surface area (Å²) < 4.78 is 6.30. The van der Waals surface area contributed by atoms with Crippen LogP contribution in [-0.2, 0) is 6.54 Å². The van der Waals surface area contributed by atoms with Crippen LogP contribution in [-0.4, -0.2) is 47.9 Å². The lowest BCUT2D eigenvalue weighted by Gasteiger charge is -2.31. The molecule has 0 aromatic heterocycles. The molecule has 7 heteroatoms. The number of halogens is 1. The van der Waals surface area contributed by atoms with Gasteiger partial charge in [0.15, 0.2) is 0 Å². The SMILES string of the molecule is C[N+](C)(Cc1ccc([N+](=O)[O-])cc1)CC(O)COc1ccc(-c2ccccc2)cc1.[Cl-]. The molecule has 0 spiro atoms. The van der Waals surface area contributed by atoms with Crippen LogP contribution in [0.4, 0.5) is 5.69 Å². The van der Waals surface area contributed by atoms with Crippen LogP contribution in [0.15, 0.2) is 78.9 Å². The van der Waals surface area contributed by atoms with Crippen LogP contribution in [0.5, 0.6) is 5.75 Å². The van der Waals surface area contributed by atoms with E-state index >= 15 is 0 Å². The number of aliphatic hydroxyl groups excluding tert-OH is 1. The predicted octanol–water partition coefficient (Wildman–Crippen LogP) is 1.28. The zero-order valence-electron chi connectivity index (χ0n) is 17.6. The monoisotopic (exact) mass is 442 g/mol. The molecule has 0 heterocycles. The van der Waals surface area contributed by atoms with Crippen molar-refractivity contribution in [1.29, 1.82) is 0 Å². The molecule has 0 aliphatic heterocycles. The van der Waals surface area contributed by atoms with E-state index < -0.39 is 11.0 Å². The van der Waals surface area contributed by atoms with Gasteiger partial charge in [0.05, 0.1) is 19.0 Å². The zero-order valence-corrected chi connectivity index (χ0v) is 18.4. The average Bonchev–Trinajstić information content (AvgIpc) is 2.73. The van der Waals surface area contributed by atoms with Crippen molar-refractivity contribution in [2.24, 2.45) is 0 Å². The van der Waals surface area contributed by atoms with E-state index in [1.165, 1.54) is 12.1 Å². The number of hydrogen-bond acceptors (Lipinski definition) is 4. The van der Waals surface area contributed by atoms with Crippen molar-refractivity contribution in [3.8, 4) is 16.9 Å². The number of ether oxygens (including phenoxy) is 1. The zero-order chi connectivity index (χ0) is 21.6. The van der Waals surface area contributed by atoms with E-state index in [0.29, 0.717) is 17.6 Å². The van der Waals surface area contributed by atoms with Crippen molar-refractivity contribution < 1.29 is 31.7 Å². The van der Waals surface area contributed by atoms with Crippen LogP contribution in [0, 0.1) is 10.1 Å². The number of nitro groups is 1. The van der Waals surface area contributed by atoms with Gasteiger partial charge in [-0.2, -0.15) is 0 Å². The molecule has 0 saturated heterocycles. The fourth-order valence-corrected chi connectivity index (χ4v) is 3.47. The number of nitrogens with zero attached hydrogens (tertiary/aromatic N) is 2. The summed E-state index contributed by atoms with van der Waals surface area (Å²) in [7, 11) is 4.03. The predicted molar refractivity (Wildman–Crippen MR) is 117 cm³/mol. The Balaban J connectivity index is 0.00000341. The van der Waals surface area contributed by atoms with Gasteiger partial charge in [-0.3, -0.25) is 10.1 Å². The summed E-state index contributed by atoms with van der Waals surface area (Å²) in [5.74, 6) is 0.717. The Bertz CT molecular complexity index is 961. The summed E-state index contributed by atoms with van der Waals surface area (Å²) in [6.45, 7) is 1.35. The maximum atomic E-state index is 10.8. The third kappa shape index (κ3) is 7.36. The highest BCUT2D eigenvalue weighted by Crippen LogP contribution is 2.22. The first-order chi connectivity index (χ1) is 14.3. The number of likely N-dealkylation sites (N-methyl/N-ethyl adjacent to an activating group) is 1. The Hall–Kier alpha value is -2.93. The minimum atomic E-state index is -0.633. The molecular weight excluding hydrogens is 416 g/mol. The lowest BCUT2D eigenvalue weighted by Crippen LogP contribution is -3.00. The van der Waals surface area contributed by atoms with Gasteiger partial charge in [0.25, 0.3) is 5.69 Å². The molecule has 31 heavy (non-hydrogen) atoms. The first-order valence-corrected chi connectivity index (χ1v) is 9.84. The van der Waals surface area contributed by atoms with Crippen molar-refractivity contribution in [3.63, 3.8) is 0 Å². The van der Waals surface area contributed by atoms with E-state index in [2.05, 4.69) is 12.1 Å². The molecule has 1 atom stereocenters. The quantitative estimate of drug-likeness (QED) is 0.308. The highest BCUT2D eigenvalue weighted by Gasteiger charge is 2.22. The highest BCUT2D eigenvalue weighted by atomic mass is 35.5. The molecule has 1 unspecified atom stereocenters. The first kappa shape index (κ1) is 24.3. The molecule has 0 amide bonds. The van der Waals surface area contributed by atoms with Crippen molar-refractivity contribution in [1.82, 2.24) is 0 Å². The summed E-state index contributed by atoms with van der Waals surface area (Å²) in [5.41, 5.74) is 3.32. The summed E-state index contributed by atoms with van der Waals surface area (Å²) in [4.78, 5) is 10.4. The van der Waals surface area contributed by atoms with Crippen molar-refractivity contribution >= 4 is 5.69 Å². The number of benzene rings is 3. The van der Waals surface area contributed by atoms with Gasteiger partial charge < -0.3 is 26.7 Å². The second-order valence-corrected chi connectivity index (χ2v) is 8.06. The van der Waals surface area contributed by atoms with Crippen LogP contribution < -0.4 is 17.1 Å². The minimum Gasteiger partial charge on any atom is -1.00 e. The molecular formula is C24H27ClN2O4. The molecule has 0 aliphatic carbocycles. The topological polar surface area (TPSA) is 72.6 Å². The van der Waals surface area contributed by atoms with E-state index in [0.717, 1.165) is 22.4 Å². The number of nitro benzene ring substituents is 1. The van der Waals surface area contributed by atoms with Crippen LogP contribution in [0.2, 0.25) is 0 Å². The molecule has 1 N–H and O–H groups in total. The molecule has 0 radical (unpaired) electrons. The van der Waals surface area contributed by atoms with Crippen LogP contribution in [0.3, 0.4) is 0 Å². The Kier molecular flexibility index (Phi) is 8.56.